The van der Waals surface area contributed by atoms with E-state index in [4.69, 9.17) is 14.0 Å². The summed E-state index contributed by atoms with van der Waals surface area (Å²) in [6.07, 6.45) is 8.91. The molecular weight excluding hydrogens is 370 g/mol. The van der Waals surface area contributed by atoms with E-state index < -0.39 is 6.09 Å². The lowest BCUT2D eigenvalue weighted by Crippen LogP contribution is -2.33. The minimum Gasteiger partial charge on any atom is -0.489 e. The fraction of sp³-hybridized carbons (Fsp3) is 0.591. The molecule has 29 heavy (non-hydrogen) atoms. The van der Waals surface area contributed by atoms with E-state index >= 15 is 0 Å². The molecule has 2 aliphatic rings. The SMILES string of the molecule is Cc1nc(-c2onc(C)c2COC(=O)NC2CCCC2)ccc1OC1CCCC1. The minimum absolute atomic E-state index is 0.101. The van der Waals surface area contributed by atoms with Crippen LogP contribution in [0.15, 0.2) is 16.7 Å². The van der Waals surface area contributed by atoms with Crippen molar-refractivity contribution in [2.24, 2.45) is 0 Å². The number of pyridine rings is 1. The van der Waals surface area contributed by atoms with E-state index in [1.54, 1.807) is 0 Å². The van der Waals surface area contributed by atoms with Gasteiger partial charge in [0.25, 0.3) is 0 Å². The van der Waals surface area contributed by atoms with Crippen LogP contribution in [0.1, 0.15) is 68.3 Å². The predicted molar refractivity (Wildman–Crippen MR) is 108 cm³/mol. The summed E-state index contributed by atoms with van der Waals surface area (Å²) in [5.41, 5.74) is 2.91. The van der Waals surface area contributed by atoms with Crippen molar-refractivity contribution in [2.75, 3.05) is 0 Å². The Morgan fingerprint density at radius 2 is 1.83 bits per heavy atom. The Bertz CT molecular complexity index is 852. The summed E-state index contributed by atoms with van der Waals surface area (Å²) in [6.45, 7) is 3.87. The molecule has 7 heteroatoms. The maximum Gasteiger partial charge on any atom is 0.407 e. The van der Waals surface area contributed by atoms with Crippen molar-refractivity contribution in [3.63, 3.8) is 0 Å². The summed E-state index contributed by atoms with van der Waals surface area (Å²) in [5.74, 6) is 1.34. The maximum atomic E-state index is 12.1. The van der Waals surface area contributed by atoms with Gasteiger partial charge in [-0.2, -0.15) is 0 Å². The molecule has 7 nitrogen and oxygen atoms in total. The van der Waals surface area contributed by atoms with Gasteiger partial charge in [0.15, 0.2) is 5.76 Å². The summed E-state index contributed by atoms with van der Waals surface area (Å²) in [5, 5.41) is 6.98. The van der Waals surface area contributed by atoms with Crippen molar-refractivity contribution < 1.29 is 18.8 Å². The number of nitrogens with zero attached hydrogens (tertiary/aromatic N) is 2. The van der Waals surface area contributed by atoms with Crippen LogP contribution in [0, 0.1) is 13.8 Å². The topological polar surface area (TPSA) is 86.5 Å². The molecule has 2 aliphatic carbocycles. The zero-order chi connectivity index (χ0) is 20.2. The molecule has 4 rings (SSSR count). The standard InChI is InChI=1S/C22H29N3O4/c1-14-18(13-27-22(26)24-16-7-3-4-8-16)21(29-25-14)19-11-12-20(15(2)23-19)28-17-9-5-6-10-17/h11-12,16-17H,3-10,13H2,1-2H3,(H,24,26). The number of carbonyl (C=O) groups is 1. The summed E-state index contributed by atoms with van der Waals surface area (Å²) in [4.78, 5) is 16.8. The van der Waals surface area contributed by atoms with E-state index in [-0.39, 0.29) is 18.8 Å². The van der Waals surface area contributed by atoms with E-state index in [1.165, 1.54) is 12.8 Å². The van der Waals surface area contributed by atoms with E-state index in [1.807, 2.05) is 26.0 Å². The fourth-order valence-corrected chi connectivity index (χ4v) is 4.16. The second-order valence-electron chi connectivity index (χ2n) is 8.08. The van der Waals surface area contributed by atoms with E-state index in [0.29, 0.717) is 17.1 Å². The molecule has 0 spiro atoms. The van der Waals surface area contributed by atoms with Gasteiger partial charge in [-0.3, -0.25) is 0 Å². The van der Waals surface area contributed by atoms with Gasteiger partial charge in [-0.1, -0.05) is 18.0 Å². The molecule has 2 aromatic rings. The molecule has 1 amide bonds. The molecule has 0 radical (unpaired) electrons. The Morgan fingerprint density at radius 3 is 2.55 bits per heavy atom. The number of aromatic nitrogens is 2. The Balaban J connectivity index is 1.43. The number of amides is 1. The first-order chi connectivity index (χ1) is 14.1. The van der Waals surface area contributed by atoms with Crippen LogP contribution in [-0.4, -0.2) is 28.4 Å². The molecule has 0 atom stereocenters. The molecule has 2 heterocycles. The molecule has 0 bridgehead atoms. The summed E-state index contributed by atoms with van der Waals surface area (Å²) >= 11 is 0. The minimum atomic E-state index is -0.395. The van der Waals surface area contributed by atoms with Crippen LogP contribution in [0.5, 0.6) is 5.75 Å². The van der Waals surface area contributed by atoms with Crippen molar-refractivity contribution in [1.82, 2.24) is 15.5 Å². The highest BCUT2D eigenvalue weighted by Gasteiger charge is 2.22. The molecule has 0 saturated heterocycles. The van der Waals surface area contributed by atoms with E-state index in [0.717, 1.165) is 55.5 Å². The molecule has 0 aliphatic heterocycles. The zero-order valence-electron chi connectivity index (χ0n) is 17.2. The van der Waals surface area contributed by atoms with Crippen molar-refractivity contribution in [2.45, 2.75) is 84.0 Å². The molecular formula is C22H29N3O4. The van der Waals surface area contributed by atoms with Gasteiger partial charge in [-0.25, -0.2) is 9.78 Å². The van der Waals surface area contributed by atoms with Gasteiger partial charge in [0.1, 0.15) is 18.1 Å². The third kappa shape index (κ3) is 4.71. The first kappa shape index (κ1) is 19.7. The van der Waals surface area contributed by atoms with Crippen LogP contribution in [0.2, 0.25) is 0 Å². The highest BCUT2D eigenvalue weighted by Crippen LogP contribution is 2.30. The van der Waals surface area contributed by atoms with Crippen LogP contribution in [0.4, 0.5) is 4.79 Å². The molecule has 1 N–H and O–H groups in total. The van der Waals surface area contributed by atoms with Crippen LogP contribution in [-0.2, 0) is 11.3 Å². The number of rotatable bonds is 6. The molecule has 156 valence electrons. The maximum absolute atomic E-state index is 12.1. The van der Waals surface area contributed by atoms with Crippen LogP contribution >= 0.6 is 0 Å². The number of ether oxygens (including phenoxy) is 2. The Morgan fingerprint density at radius 1 is 1.10 bits per heavy atom. The highest BCUT2D eigenvalue weighted by atomic mass is 16.5. The van der Waals surface area contributed by atoms with Crippen molar-refractivity contribution in [3.8, 4) is 17.2 Å². The van der Waals surface area contributed by atoms with Crippen molar-refractivity contribution in [1.29, 1.82) is 0 Å². The quantitative estimate of drug-likeness (QED) is 0.748. The lowest BCUT2D eigenvalue weighted by atomic mass is 10.1. The van der Waals surface area contributed by atoms with Gasteiger partial charge in [-0.05, 0) is 64.5 Å². The largest absolute Gasteiger partial charge is 0.489 e. The Labute approximate surface area is 171 Å². The number of hydrogen-bond donors (Lipinski definition) is 1. The van der Waals surface area contributed by atoms with Crippen LogP contribution in [0.3, 0.4) is 0 Å². The molecule has 2 aromatic heterocycles. The number of carbonyl (C=O) groups excluding carboxylic acids is 1. The lowest BCUT2D eigenvalue weighted by molar-refractivity contribution is 0.135. The second-order valence-corrected chi connectivity index (χ2v) is 8.08. The first-order valence-electron chi connectivity index (χ1n) is 10.6. The van der Waals surface area contributed by atoms with Gasteiger partial charge in [0.2, 0.25) is 0 Å². The number of alkyl carbamates (subject to hydrolysis) is 1. The van der Waals surface area contributed by atoms with Crippen LogP contribution < -0.4 is 10.1 Å². The molecule has 0 unspecified atom stereocenters. The van der Waals surface area contributed by atoms with Gasteiger partial charge in [0.05, 0.1) is 23.1 Å². The molecule has 0 aromatic carbocycles. The second kappa shape index (κ2) is 8.84. The molecule has 2 fully saturated rings. The zero-order valence-corrected chi connectivity index (χ0v) is 17.2. The van der Waals surface area contributed by atoms with Gasteiger partial charge >= 0.3 is 6.09 Å². The average molecular weight is 399 g/mol. The van der Waals surface area contributed by atoms with Crippen LogP contribution in [0.25, 0.3) is 11.5 Å². The summed E-state index contributed by atoms with van der Waals surface area (Å²) < 4.78 is 17.0. The third-order valence-electron chi connectivity index (χ3n) is 5.88. The monoisotopic (exact) mass is 399 g/mol. The molecule has 2 saturated carbocycles. The third-order valence-corrected chi connectivity index (χ3v) is 5.88. The predicted octanol–water partition coefficient (Wildman–Crippen LogP) is 4.84. The van der Waals surface area contributed by atoms with Gasteiger partial charge in [-0.15, -0.1) is 0 Å². The number of nitrogens with one attached hydrogen (secondary N) is 1. The summed E-state index contributed by atoms with van der Waals surface area (Å²) in [7, 11) is 0. The number of aryl methyl sites for hydroxylation is 2. The normalized spacial score (nSPS) is 17.6. The number of hydrogen-bond acceptors (Lipinski definition) is 6. The smallest absolute Gasteiger partial charge is 0.407 e. The fourth-order valence-electron chi connectivity index (χ4n) is 4.16. The highest BCUT2D eigenvalue weighted by molar-refractivity contribution is 5.68. The first-order valence-corrected chi connectivity index (χ1v) is 10.6. The van der Waals surface area contributed by atoms with E-state index in [2.05, 4.69) is 15.5 Å². The summed E-state index contributed by atoms with van der Waals surface area (Å²) in [6, 6.07) is 4.03. The Hall–Kier alpha value is -2.57. The van der Waals surface area contributed by atoms with Gasteiger partial charge in [0, 0.05) is 6.04 Å². The van der Waals surface area contributed by atoms with Crippen molar-refractivity contribution >= 4 is 6.09 Å². The van der Waals surface area contributed by atoms with E-state index in [9.17, 15) is 4.79 Å². The lowest BCUT2D eigenvalue weighted by Gasteiger charge is -2.15. The van der Waals surface area contributed by atoms with Crippen molar-refractivity contribution in [3.05, 3.63) is 29.1 Å². The Kier molecular flexibility index (Phi) is 6.02. The average Bonchev–Trinajstić information content (AvgIpc) is 3.45. The van der Waals surface area contributed by atoms with Gasteiger partial charge < -0.3 is 19.3 Å².